The van der Waals surface area contributed by atoms with Crippen LogP contribution in [0.15, 0.2) is 24.3 Å². The van der Waals surface area contributed by atoms with Gasteiger partial charge in [0, 0.05) is 13.2 Å². The molecule has 78 valence electrons. The van der Waals surface area contributed by atoms with Crippen molar-refractivity contribution in [2.45, 2.75) is 13.0 Å². The van der Waals surface area contributed by atoms with Gasteiger partial charge in [0.15, 0.2) is 0 Å². The summed E-state index contributed by atoms with van der Waals surface area (Å²) in [5.41, 5.74) is 6.68. The summed E-state index contributed by atoms with van der Waals surface area (Å²) in [5.74, 6) is 0.834. The van der Waals surface area contributed by atoms with Crippen LogP contribution in [0.2, 0.25) is 0 Å². The van der Waals surface area contributed by atoms with E-state index in [9.17, 15) is 0 Å². The molecule has 0 unspecified atom stereocenters. The van der Waals surface area contributed by atoms with Crippen LogP contribution >= 0.6 is 0 Å². The molecule has 0 fully saturated rings. The van der Waals surface area contributed by atoms with E-state index < -0.39 is 0 Å². The fourth-order valence-electron chi connectivity index (χ4n) is 1.34. The molecule has 0 saturated heterocycles. The van der Waals surface area contributed by atoms with Crippen molar-refractivity contribution in [1.29, 1.82) is 0 Å². The highest BCUT2D eigenvalue weighted by Crippen LogP contribution is 2.20. The van der Waals surface area contributed by atoms with Crippen LogP contribution in [0.5, 0.6) is 5.75 Å². The third kappa shape index (κ3) is 2.72. The molecule has 0 aliphatic carbocycles. The van der Waals surface area contributed by atoms with Gasteiger partial charge in [0.05, 0.1) is 13.2 Å². The fraction of sp³-hybridized carbons (Fsp3) is 0.455. The van der Waals surface area contributed by atoms with Crippen LogP contribution in [0.25, 0.3) is 0 Å². The van der Waals surface area contributed by atoms with Crippen LogP contribution in [0.4, 0.5) is 0 Å². The third-order valence-corrected chi connectivity index (χ3v) is 2.05. The molecular formula is C11H17NO2. The van der Waals surface area contributed by atoms with Crippen molar-refractivity contribution in [1.82, 2.24) is 0 Å². The Labute approximate surface area is 84.8 Å². The molecule has 1 aromatic carbocycles. The summed E-state index contributed by atoms with van der Waals surface area (Å²) in [4.78, 5) is 0. The molecule has 0 heterocycles. The Hall–Kier alpha value is -1.06. The van der Waals surface area contributed by atoms with Gasteiger partial charge in [0.25, 0.3) is 0 Å². The van der Waals surface area contributed by atoms with Crippen LogP contribution in [0, 0.1) is 0 Å². The monoisotopic (exact) mass is 195 g/mol. The highest BCUT2D eigenvalue weighted by atomic mass is 16.5. The zero-order chi connectivity index (χ0) is 10.4. The molecule has 3 heteroatoms. The fourth-order valence-corrected chi connectivity index (χ4v) is 1.34. The predicted octanol–water partition coefficient (Wildman–Crippen LogP) is 1.73. The minimum atomic E-state index is -0.0323. The topological polar surface area (TPSA) is 44.5 Å². The second-order valence-corrected chi connectivity index (χ2v) is 2.96. The Bertz CT molecular complexity index is 276. The molecule has 0 aromatic heterocycles. The smallest absolute Gasteiger partial charge is 0.119 e. The number of nitrogens with two attached hydrogens (primary N) is 1. The van der Waals surface area contributed by atoms with E-state index in [1.54, 1.807) is 7.11 Å². The van der Waals surface area contributed by atoms with Gasteiger partial charge < -0.3 is 15.2 Å². The van der Waals surface area contributed by atoms with Gasteiger partial charge in [-0.1, -0.05) is 12.1 Å². The second kappa shape index (κ2) is 5.62. The van der Waals surface area contributed by atoms with Gasteiger partial charge >= 0.3 is 0 Å². The van der Waals surface area contributed by atoms with E-state index in [0.29, 0.717) is 13.2 Å². The molecule has 1 atom stereocenters. The highest BCUT2D eigenvalue weighted by Gasteiger charge is 2.09. The zero-order valence-corrected chi connectivity index (χ0v) is 8.69. The number of rotatable bonds is 5. The van der Waals surface area contributed by atoms with E-state index in [1.165, 1.54) is 0 Å². The molecule has 14 heavy (non-hydrogen) atoms. The summed E-state index contributed by atoms with van der Waals surface area (Å²) >= 11 is 0. The first-order valence-corrected chi connectivity index (χ1v) is 4.77. The summed E-state index contributed by atoms with van der Waals surface area (Å²) in [6.45, 7) is 3.11. The van der Waals surface area contributed by atoms with Gasteiger partial charge in [0.2, 0.25) is 0 Å². The Morgan fingerprint density at radius 3 is 2.79 bits per heavy atom. The van der Waals surface area contributed by atoms with Gasteiger partial charge in [-0.2, -0.15) is 0 Å². The second-order valence-electron chi connectivity index (χ2n) is 2.96. The summed E-state index contributed by atoms with van der Waals surface area (Å²) < 4.78 is 10.6. The maximum Gasteiger partial charge on any atom is 0.119 e. The summed E-state index contributed by atoms with van der Waals surface area (Å²) in [7, 11) is 1.65. The lowest BCUT2D eigenvalue weighted by atomic mass is 10.1. The molecule has 3 nitrogen and oxygen atoms in total. The lowest BCUT2D eigenvalue weighted by Crippen LogP contribution is -2.15. The van der Waals surface area contributed by atoms with Crippen molar-refractivity contribution < 1.29 is 9.47 Å². The van der Waals surface area contributed by atoms with Gasteiger partial charge in [0.1, 0.15) is 5.75 Å². The van der Waals surface area contributed by atoms with Crippen LogP contribution < -0.4 is 10.5 Å². The average molecular weight is 195 g/mol. The predicted molar refractivity (Wildman–Crippen MR) is 56.4 cm³/mol. The summed E-state index contributed by atoms with van der Waals surface area (Å²) in [5, 5.41) is 0. The van der Waals surface area contributed by atoms with E-state index in [0.717, 1.165) is 11.3 Å². The van der Waals surface area contributed by atoms with Gasteiger partial charge in [-0.25, -0.2) is 0 Å². The molecule has 0 bridgehead atoms. The molecule has 1 aromatic rings. The van der Waals surface area contributed by atoms with Crippen molar-refractivity contribution in [3.8, 4) is 5.75 Å². The number of methoxy groups -OCH3 is 1. The lowest BCUT2D eigenvalue weighted by Gasteiger charge is -2.15. The Morgan fingerprint density at radius 2 is 2.21 bits per heavy atom. The van der Waals surface area contributed by atoms with Crippen molar-refractivity contribution >= 4 is 0 Å². The van der Waals surface area contributed by atoms with Gasteiger partial charge in [-0.05, 0) is 24.6 Å². The van der Waals surface area contributed by atoms with Gasteiger partial charge in [-0.15, -0.1) is 0 Å². The lowest BCUT2D eigenvalue weighted by molar-refractivity contribution is 0.0687. The van der Waals surface area contributed by atoms with E-state index in [-0.39, 0.29) is 6.10 Å². The van der Waals surface area contributed by atoms with Crippen molar-refractivity contribution in [3.05, 3.63) is 29.8 Å². The van der Waals surface area contributed by atoms with Crippen molar-refractivity contribution in [2.75, 3.05) is 20.3 Å². The zero-order valence-electron chi connectivity index (χ0n) is 8.69. The molecule has 0 radical (unpaired) electrons. The maximum absolute atomic E-state index is 5.62. The van der Waals surface area contributed by atoms with Crippen LogP contribution in [0.3, 0.4) is 0 Å². The standard InChI is InChI=1S/C11H17NO2/c1-3-14-11(8-12)9-5-4-6-10(7-9)13-2/h4-7,11H,3,8,12H2,1-2H3/t11-/m0/s1. The summed E-state index contributed by atoms with van der Waals surface area (Å²) in [6, 6.07) is 7.79. The molecule has 0 aliphatic heterocycles. The van der Waals surface area contributed by atoms with E-state index in [1.807, 2.05) is 31.2 Å². The van der Waals surface area contributed by atoms with Crippen LogP contribution in [0.1, 0.15) is 18.6 Å². The Morgan fingerprint density at radius 1 is 1.43 bits per heavy atom. The minimum Gasteiger partial charge on any atom is -0.497 e. The molecule has 0 aliphatic rings. The minimum absolute atomic E-state index is 0.0323. The largest absolute Gasteiger partial charge is 0.497 e. The van der Waals surface area contributed by atoms with Crippen LogP contribution in [-0.2, 0) is 4.74 Å². The van der Waals surface area contributed by atoms with E-state index >= 15 is 0 Å². The Balaban J connectivity index is 2.80. The number of ether oxygens (including phenoxy) is 2. The van der Waals surface area contributed by atoms with Crippen molar-refractivity contribution in [3.63, 3.8) is 0 Å². The first-order valence-electron chi connectivity index (χ1n) is 4.77. The number of hydrogen-bond donors (Lipinski definition) is 1. The SMILES string of the molecule is CCO[C@@H](CN)c1cccc(OC)c1. The normalized spacial score (nSPS) is 12.5. The molecule has 2 N–H and O–H groups in total. The third-order valence-electron chi connectivity index (χ3n) is 2.05. The highest BCUT2D eigenvalue weighted by molar-refractivity contribution is 5.30. The number of hydrogen-bond acceptors (Lipinski definition) is 3. The van der Waals surface area contributed by atoms with E-state index in [2.05, 4.69) is 0 Å². The van der Waals surface area contributed by atoms with Crippen molar-refractivity contribution in [2.24, 2.45) is 5.73 Å². The maximum atomic E-state index is 5.62. The Kier molecular flexibility index (Phi) is 4.43. The first-order chi connectivity index (χ1) is 6.81. The van der Waals surface area contributed by atoms with Gasteiger partial charge in [-0.3, -0.25) is 0 Å². The van der Waals surface area contributed by atoms with Crippen LogP contribution in [-0.4, -0.2) is 20.3 Å². The molecule has 0 amide bonds. The molecule has 0 saturated carbocycles. The summed E-state index contributed by atoms with van der Waals surface area (Å²) in [6.07, 6.45) is -0.0323. The first kappa shape index (κ1) is 11.0. The molecular weight excluding hydrogens is 178 g/mol. The molecule has 0 spiro atoms. The molecule has 1 rings (SSSR count). The quantitative estimate of drug-likeness (QED) is 0.778. The average Bonchev–Trinajstić information content (AvgIpc) is 2.26. The van der Waals surface area contributed by atoms with E-state index in [4.69, 9.17) is 15.2 Å². The number of benzene rings is 1.